The molecule has 0 aliphatic carbocycles. The van der Waals surface area contributed by atoms with E-state index in [0.717, 1.165) is 5.56 Å². The Morgan fingerprint density at radius 1 is 1.14 bits per heavy atom. The van der Waals surface area contributed by atoms with E-state index in [1.165, 1.54) is 0 Å². The van der Waals surface area contributed by atoms with E-state index in [9.17, 15) is 19.5 Å². The number of ether oxygens (including phenoxy) is 1. The zero-order valence-electron chi connectivity index (χ0n) is 16.8. The summed E-state index contributed by atoms with van der Waals surface area (Å²) in [5, 5.41) is 12.6. The number of hydrogen-bond acceptors (Lipinski definition) is 5. The van der Waals surface area contributed by atoms with Crippen LogP contribution in [0.25, 0.3) is 0 Å². The van der Waals surface area contributed by atoms with Crippen molar-refractivity contribution in [2.75, 3.05) is 6.61 Å². The third-order valence-corrected chi connectivity index (χ3v) is 4.43. The van der Waals surface area contributed by atoms with E-state index >= 15 is 0 Å². The molecule has 2 N–H and O–H groups in total. The van der Waals surface area contributed by atoms with Gasteiger partial charge in [-0.2, -0.15) is 0 Å². The van der Waals surface area contributed by atoms with Crippen LogP contribution in [0.2, 0.25) is 0 Å². The summed E-state index contributed by atoms with van der Waals surface area (Å²) in [6.07, 6.45) is 1.68. The molecule has 2 aromatic rings. The summed E-state index contributed by atoms with van der Waals surface area (Å²) < 4.78 is 6.59. The van der Waals surface area contributed by atoms with Crippen molar-refractivity contribution in [1.82, 2.24) is 9.88 Å². The molecule has 0 aliphatic heterocycles. The van der Waals surface area contributed by atoms with Gasteiger partial charge in [-0.25, -0.2) is 4.79 Å². The smallest absolute Gasteiger partial charge is 0.342 e. The molecular weight excluding hydrogens is 360 g/mol. The van der Waals surface area contributed by atoms with Gasteiger partial charge < -0.3 is 14.4 Å². The van der Waals surface area contributed by atoms with E-state index in [0.29, 0.717) is 11.3 Å². The highest BCUT2D eigenvalue weighted by molar-refractivity contribution is 6.04. The lowest BCUT2D eigenvalue weighted by Crippen LogP contribution is -2.35. The Hall–Kier alpha value is -3.09. The van der Waals surface area contributed by atoms with Crippen molar-refractivity contribution in [2.45, 2.75) is 39.5 Å². The summed E-state index contributed by atoms with van der Waals surface area (Å²) >= 11 is 0. The Kier molecular flexibility index (Phi) is 6.62. The molecular formula is C21H26N2O5. The standard InChI is InChI=1S/C21H26N2O5/c1-12(2)14-9-15(13(3)4)19(25)16(10-14)21(27)28-11-18(24)22-20(26)17-7-6-8-23(17)5/h6-10,12-13,25H,11H2,1-5H3,(H,22,24,26). The minimum absolute atomic E-state index is 0.0106. The van der Waals surface area contributed by atoms with Crippen molar-refractivity contribution in [2.24, 2.45) is 7.05 Å². The summed E-state index contributed by atoms with van der Waals surface area (Å²) in [6.45, 7) is 7.16. The molecule has 1 aromatic carbocycles. The first-order chi connectivity index (χ1) is 13.1. The first-order valence-electron chi connectivity index (χ1n) is 9.11. The normalized spacial score (nSPS) is 11.0. The van der Waals surface area contributed by atoms with Gasteiger partial charge in [-0.05, 0) is 41.2 Å². The van der Waals surface area contributed by atoms with E-state index in [1.54, 1.807) is 36.0 Å². The van der Waals surface area contributed by atoms with E-state index in [1.807, 2.05) is 33.8 Å². The van der Waals surface area contributed by atoms with Crippen LogP contribution in [-0.4, -0.2) is 34.1 Å². The third kappa shape index (κ3) is 4.79. The summed E-state index contributed by atoms with van der Waals surface area (Å²) in [5.74, 6) is -2.14. The van der Waals surface area contributed by atoms with Crippen LogP contribution in [0.4, 0.5) is 0 Å². The first kappa shape index (κ1) is 21.2. The van der Waals surface area contributed by atoms with Crippen LogP contribution in [0.5, 0.6) is 5.75 Å². The van der Waals surface area contributed by atoms with Crippen LogP contribution in [0, 0.1) is 0 Å². The number of carbonyl (C=O) groups excluding carboxylic acids is 3. The zero-order chi connectivity index (χ0) is 21.0. The Morgan fingerprint density at radius 3 is 2.36 bits per heavy atom. The van der Waals surface area contributed by atoms with Crippen molar-refractivity contribution in [3.05, 3.63) is 52.8 Å². The van der Waals surface area contributed by atoms with Crippen LogP contribution < -0.4 is 5.32 Å². The number of nitrogens with zero attached hydrogens (tertiary/aromatic N) is 1. The molecule has 1 heterocycles. The minimum Gasteiger partial charge on any atom is -0.507 e. The lowest BCUT2D eigenvalue weighted by Gasteiger charge is -2.16. The molecule has 0 saturated heterocycles. The predicted octanol–water partition coefficient (Wildman–Crippen LogP) is 3.09. The molecule has 0 saturated carbocycles. The number of aromatic nitrogens is 1. The zero-order valence-corrected chi connectivity index (χ0v) is 16.8. The van der Waals surface area contributed by atoms with Gasteiger partial charge in [-0.3, -0.25) is 14.9 Å². The molecule has 0 fully saturated rings. The molecule has 28 heavy (non-hydrogen) atoms. The highest BCUT2D eigenvalue weighted by Crippen LogP contribution is 2.33. The van der Waals surface area contributed by atoms with E-state index in [4.69, 9.17) is 4.74 Å². The van der Waals surface area contributed by atoms with Gasteiger partial charge in [0.15, 0.2) is 6.61 Å². The summed E-state index contributed by atoms with van der Waals surface area (Å²) in [5.41, 5.74) is 1.85. The quantitative estimate of drug-likeness (QED) is 0.744. The number of phenols is 1. The second-order valence-corrected chi connectivity index (χ2v) is 7.27. The highest BCUT2D eigenvalue weighted by Gasteiger charge is 2.21. The van der Waals surface area contributed by atoms with Gasteiger partial charge in [0.1, 0.15) is 17.0 Å². The van der Waals surface area contributed by atoms with Gasteiger partial charge in [0.05, 0.1) is 0 Å². The minimum atomic E-state index is -0.816. The maximum atomic E-state index is 12.4. The van der Waals surface area contributed by atoms with E-state index < -0.39 is 24.4 Å². The van der Waals surface area contributed by atoms with Crippen LogP contribution in [-0.2, 0) is 16.6 Å². The van der Waals surface area contributed by atoms with Gasteiger partial charge in [-0.1, -0.05) is 33.8 Å². The van der Waals surface area contributed by atoms with Gasteiger partial charge in [-0.15, -0.1) is 0 Å². The number of hydrogen-bond donors (Lipinski definition) is 2. The molecule has 7 heteroatoms. The molecule has 0 unspecified atom stereocenters. The number of rotatable bonds is 6. The Morgan fingerprint density at radius 2 is 1.82 bits per heavy atom. The van der Waals surface area contributed by atoms with Gasteiger partial charge in [0.25, 0.3) is 11.8 Å². The predicted molar refractivity (Wildman–Crippen MR) is 104 cm³/mol. The molecule has 0 bridgehead atoms. The fourth-order valence-electron chi connectivity index (χ4n) is 2.74. The number of aromatic hydroxyl groups is 1. The Balaban J connectivity index is 2.09. The number of imide groups is 1. The maximum absolute atomic E-state index is 12.4. The van der Waals surface area contributed by atoms with Crippen molar-refractivity contribution >= 4 is 17.8 Å². The Bertz CT molecular complexity index is 896. The largest absolute Gasteiger partial charge is 0.507 e. The molecule has 1 aromatic heterocycles. The number of aryl methyl sites for hydroxylation is 1. The SMILES string of the molecule is CC(C)c1cc(C(=O)OCC(=O)NC(=O)c2cccn2C)c(O)c(C(C)C)c1. The third-order valence-electron chi connectivity index (χ3n) is 4.43. The number of carbonyl (C=O) groups is 3. The molecule has 0 atom stereocenters. The average Bonchev–Trinajstić information content (AvgIpc) is 3.05. The number of phenolic OH excluding ortho intramolecular Hbond substituents is 1. The van der Waals surface area contributed by atoms with Crippen molar-refractivity contribution in [1.29, 1.82) is 0 Å². The number of nitrogens with one attached hydrogen (secondary N) is 1. The van der Waals surface area contributed by atoms with Gasteiger partial charge >= 0.3 is 5.97 Å². The lowest BCUT2D eigenvalue weighted by molar-refractivity contribution is -0.123. The van der Waals surface area contributed by atoms with Crippen LogP contribution in [0.3, 0.4) is 0 Å². The fraction of sp³-hybridized carbons (Fsp3) is 0.381. The number of benzene rings is 1. The van der Waals surface area contributed by atoms with E-state index in [-0.39, 0.29) is 23.1 Å². The highest BCUT2D eigenvalue weighted by atomic mass is 16.5. The van der Waals surface area contributed by atoms with Crippen LogP contribution in [0.15, 0.2) is 30.5 Å². The lowest BCUT2D eigenvalue weighted by atomic mass is 9.92. The molecule has 7 nitrogen and oxygen atoms in total. The molecule has 0 spiro atoms. The second-order valence-electron chi connectivity index (χ2n) is 7.27. The fourth-order valence-corrected chi connectivity index (χ4v) is 2.74. The molecule has 2 amide bonds. The van der Waals surface area contributed by atoms with E-state index in [2.05, 4.69) is 5.32 Å². The number of esters is 1. The summed E-state index contributed by atoms with van der Waals surface area (Å²) in [6, 6.07) is 6.68. The average molecular weight is 386 g/mol. The summed E-state index contributed by atoms with van der Waals surface area (Å²) in [7, 11) is 1.68. The monoisotopic (exact) mass is 386 g/mol. The van der Waals surface area contributed by atoms with Crippen molar-refractivity contribution in [3.8, 4) is 5.75 Å². The second kappa shape index (κ2) is 8.73. The molecule has 0 radical (unpaired) electrons. The topological polar surface area (TPSA) is 97.6 Å². The first-order valence-corrected chi connectivity index (χ1v) is 9.11. The molecule has 150 valence electrons. The molecule has 0 aliphatic rings. The van der Waals surface area contributed by atoms with Crippen molar-refractivity contribution in [3.63, 3.8) is 0 Å². The van der Waals surface area contributed by atoms with Crippen LogP contribution >= 0.6 is 0 Å². The Labute approximate surface area is 164 Å². The number of amides is 2. The van der Waals surface area contributed by atoms with Crippen LogP contribution in [0.1, 0.15) is 71.5 Å². The molecule has 2 rings (SSSR count). The maximum Gasteiger partial charge on any atom is 0.342 e. The summed E-state index contributed by atoms with van der Waals surface area (Å²) in [4.78, 5) is 36.4. The van der Waals surface area contributed by atoms with Crippen molar-refractivity contribution < 1.29 is 24.2 Å². The van der Waals surface area contributed by atoms with Gasteiger partial charge in [0.2, 0.25) is 0 Å². The van der Waals surface area contributed by atoms with Gasteiger partial charge in [0, 0.05) is 13.2 Å².